The molecule has 12 aromatic rings. The first-order chi connectivity index (χ1) is 31.3. The van der Waals surface area contributed by atoms with Crippen molar-refractivity contribution in [3.63, 3.8) is 0 Å². The highest BCUT2D eigenvalue weighted by Crippen LogP contribution is 2.50. The van der Waals surface area contributed by atoms with Gasteiger partial charge in [0.25, 0.3) is 0 Å². The second-order valence-corrected chi connectivity index (χ2v) is 16.4. The van der Waals surface area contributed by atoms with Gasteiger partial charge in [-0.05, 0) is 135 Å². The Bertz CT molecular complexity index is 3640. The number of fused-ring (bicyclic) bond motifs is 8. The molecule has 0 fully saturated rings. The van der Waals surface area contributed by atoms with E-state index in [0.717, 1.165) is 17.1 Å². The van der Waals surface area contributed by atoms with Crippen LogP contribution in [-0.2, 0) is 0 Å². The van der Waals surface area contributed by atoms with Gasteiger partial charge in [0.05, 0.1) is 5.69 Å². The molecule has 0 amide bonds. The van der Waals surface area contributed by atoms with E-state index in [9.17, 15) is 0 Å². The fourth-order valence-electron chi connectivity index (χ4n) is 9.88. The SMILES string of the molecule is c1ccc(-c2cc(-c3ccccc3)c3c4ccccc4c4cc(N(c5ccc(-c6ccc7ccccc7c6)cc5)c5cccc6ccccc56)ccc4c3c2-c2ccccc2)cc1. The third-order valence-electron chi connectivity index (χ3n) is 12.8. The van der Waals surface area contributed by atoms with Crippen LogP contribution < -0.4 is 4.90 Å². The van der Waals surface area contributed by atoms with E-state index in [4.69, 9.17) is 0 Å². The molecule has 294 valence electrons. The Hall–Kier alpha value is -8.26. The molecular weight excluding hydrogens is 759 g/mol. The summed E-state index contributed by atoms with van der Waals surface area (Å²) in [6.45, 7) is 0. The van der Waals surface area contributed by atoms with E-state index in [1.54, 1.807) is 0 Å². The molecule has 0 aliphatic rings. The quantitative estimate of drug-likeness (QED) is 0.145. The number of nitrogens with zero attached hydrogens (tertiary/aromatic N) is 1. The standard InChI is InChI=1S/C62H41N/c1-4-18-45(19-5-1)56-41-57(46-20-6-2-7-21-46)61-54-29-15-14-28-53(54)58-40-51(37-38-55(58)62(61)60(56)47-23-8-3-9-24-47)63(59-30-16-26-44-22-12-13-27-52(44)59)50-35-33-43(34-36-50)49-32-31-42-17-10-11-25-48(42)39-49/h1-41H. The summed E-state index contributed by atoms with van der Waals surface area (Å²) in [5.74, 6) is 0. The highest BCUT2D eigenvalue weighted by molar-refractivity contribution is 6.33. The van der Waals surface area contributed by atoms with Crippen molar-refractivity contribution in [2.24, 2.45) is 0 Å². The van der Waals surface area contributed by atoms with Crippen LogP contribution in [0.1, 0.15) is 0 Å². The van der Waals surface area contributed by atoms with E-state index >= 15 is 0 Å². The van der Waals surface area contributed by atoms with Crippen LogP contribution in [0.5, 0.6) is 0 Å². The van der Waals surface area contributed by atoms with Crippen molar-refractivity contribution in [3.8, 4) is 44.5 Å². The molecule has 0 saturated carbocycles. The van der Waals surface area contributed by atoms with Crippen LogP contribution in [0.3, 0.4) is 0 Å². The Morgan fingerprint density at radius 2 is 0.778 bits per heavy atom. The van der Waals surface area contributed by atoms with E-state index in [0.29, 0.717) is 0 Å². The molecule has 1 nitrogen and oxygen atoms in total. The molecule has 0 aliphatic carbocycles. The van der Waals surface area contributed by atoms with E-state index < -0.39 is 0 Å². The van der Waals surface area contributed by atoms with Gasteiger partial charge in [-0.1, -0.05) is 206 Å². The fraction of sp³-hybridized carbons (Fsp3) is 0. The fourth-order valence-corrected chi connectivity index (χ4v) is 9.88. The summed E-state index contributed by atoms with van der Waals surface area (Å²) in [6.07, 6.45) is 0. The number of anilines is 3. The average Bonchev–Trinajstić information content (AvgIpc) is 3.37. The van der Waals surface area contributed by atoms with Gasteiger partial charge < -0.3 is 4.90 Å². The number of hydrogen-bond acceptors (Lipinski definition) is 1. The minimum absolute atomic E-state index is 1.10. The maximum absolute atomic E-state index is 2.44. The largest absolute Gasteiger partial charge is 0.310 e. The zero-order valence-corrected chi connectivity index (χ0v) is 34.6. The maximum atomic E-state index is 2.44. The van der Waals surface area contributed by atoms with Crippen molar-refractivity contribution < 1.29 is 0 Å². The lowest BCUT2D eigenvalue weighted by Crippen LogP contribution is -2.10. The predicted molar refractivity (Wildman–Crippen MR) is 270 cm³/mol. The van der Waals surface area contributed by atoms with Crippen molar-refractivity contribution in [2.75, 3.05) is 4.90 Å². The van der Waals surface area contributed by atoms with Gasteiger partial charge >= 0.3 is 0 Å². The molecule has 0 N–H and O–H groups in total. The van der Waals surface area contributed by atoms with E-state index in [1.165, 1.54) is 98.4 Å². The second kappa shape index (κ2) is 15.3. The normalized spacial score (nSPS) is 11.5. The lowest BCUT2D eigenvalue weighted by Gasteiger charge is -2.28. The first-order valence-corrected chi connectivity index (χ1v) is 21.8. The van der Waals surface area contributed by atoms with Gasteiger partial charge in [0.1, 0.15) is 0 Å². The predicted octanol–water partition coefficient (Wildman–Crippen LogP) is 17.6. The third kappa shape index (κ3) is 6.33. The molecule has 0 radical (unpaired) electrons. The highest BCUT2D eigenvalue weighted by Gasteiger charge is 2.23. The minimum Gasteiger partial charge on any atom is -0.310 e. The van der Waals surface area contributed by atoms with Crippen LogP contribution in [0.2, 0.25) is 0 Å². The number of hydrogen-bond donors (Lipinski definition) is 0. The lowest BCUT2D eigenvalue weighted by atomic mass is 9.81. The van der Waals surface area contributed by atoms with Crippen molar-refractivity contribution in [2.45, 2.75) is 0 Å². The van der Waals surface area contributed by atoms with Gasteiger partial charge in [0.2, 0.25) is 0 Å². The summed E-state index contributed by atoms with van der Waals surface area (Å²) >= 11 is 0. The summed E-state index contributed by atoms with van der Waals surface area (Å²) in [4.78, 5) is 2.44. The minimum atomic E-state index is 1.10. The molecule has 12 aromatic carbocycles. The van der Waals surface area contributed by atoms with Crippen LogP contribution in [0, 0.1) is 0 Å². The number of rotatable bonds is 7. The van der Waals surface area contributed by atoms with Gasteiger partial charge in [-0.25, -0.2) is 0 Å². The summed E-state index contributed by atoms with van der Waals surface area (Å²) < 4.78 is 0. The molecule has 12 rings (SSSR count). The molecule has 0 atom stereocenters. The van der Waals surface area contributed by atoms with Gasteiger partial charge in [-0.3, -0.25) is 0 Å². The van der Waals surface area contributed by atoms with Crippen LogP contribution in [0.25, 0.3) is 98.4 Å². The third-order valence-corrected chi connectivity index (χ3v) is 12.8. The molecule has 0 aromatic heterocycles. The van der Waals surface area contributed by atoms with Crippen molar-refractivity contribution >= 4 is 70.9 Å². The molecule has 0 bridgehead atoms. The van der Waals surface area contributed by atoms with Crippen LogP contribution in [0.15, 0.2) is 249 Å². The molecular formula is C62H41N. The Morgan fingerprint density at radius 3 is 1.51 bits per heavy atom. The topological polar surface area (TPSA) is 3.24 Å². The second-order valence-electron chi connectivity index (χ2n) is 16.4. The van der Waals surface area contributed by atoms with Crippen LogP contribution in [-0.4, -0.2) is 0 Å². The van der Waals surface area contributed by atoms with Gasteiger partial charge in [0, 0.05) is 16.8 Å². The molecule has 63 heavy (non-hydrogen) atoms. The maximum Gasteiger partial charge on any atom is 0.0540 e. The Balaban J connectivity index is 1.15. The van der Waals surface area contributed by atoms with Crippen LogP contribution >= 0.6 is 0 Å². The average molecular weight is 800 g/mol. The summed E-state index contributed by atoms with van der Waals surface area (Å²) in [7, 11) is 0. The van der Waals surface area contributed by atoms with E-state index in [1.807, 2.05) is 0 Å². The van der Waals surface area contributed by atoms with E-state index in [2.05, 4.69) is 254 Å². The van der Waals surface area contributed by atoms with Crippen LogP contribution in [0.4, 0.5) is 17.1 Å². The number of benzene rings is 12. The highest BCUT2D eigenvalue weighted by atomic mass is 15.1. The Kier molecular flexibility index (Phi) is 8.90. The molecule has 0 heterocycles. The van der Waals surface area contributed by atoms with Crippen molar-refractivity contribution in [1.82, 2.24) is 0 Å². The molecule has 0 unspecified atom stereocenters. The smallest absolute Gasteiger partial charge is 0.0540 e. The Morgan fingerprint density at radius 1 is 0.238 bits per heavy atom. The van der Waals surface area contributed by atoms with Gasteiger partial charge in [0.15, 0.2) is 0 Å². The van der Waals surface area contributed by atoms with Crippen molar-refractivity contribution in [1.29, 1.82) is 0 Å². The Labute approximate surface area is 367 Å². The zero-order valence-electron chi connectivity index (χ0n) is 34.6. The summed E-state index contributed by atoms with van der Waals surface area (Å²) in [5.41, 5.74) is 13.0. The lowest BCUT2D eigenvalue weighted by molar-refractivity contribution is 1.30. The first-order valence-electron chi connectivity index (χ1n) is 21.8. The molecule has 1 heteroatoms. The molecule has 0 aliphatic heterocycles. The van der Waals surface area contributed by atoms with Gasteiger partial charge in [-0.2, -0.15) is 0 Å². The summed E-state index contributed by atoms with van der Waals surface area (Å²) in [6, 6.07) is 91.2. The zero-order chi connectivity index (χ0) is 41.7. The molecule has 0 saturated heterocycles. The molecule has 0 spiro atoms. The van der Waals surface area contributed by atoms with Crippen molar-refractivity contribution in [3.05, 3.63) is 249 Å². The summed E-state index contributed by atoms with van der Waals surface area (Å²) in [5, 5.41) is 12.4. The first kappa shape index (κ1) is 36.6. The van der Waals surface area contributed by atoms with E-state index in [-0.39, 0.29) is 0 Å². The van der Waals surface area contributed by atoms with Gasteiger partial charge in [-0.15, -0.1) is 0 Å². The monoisotopic (exact) mass is 799 g/mol.